The van der Waals surface area contributed by atoms with Crippen molar-refractivity contribution < 1.29 is 0 Å². The molecule has 0 aromatic carbocycles. The maximum atomic E-state index is 3.68. The first-order valence-corrected chi connectivity index (χ1v) is 6.84. The van der Waals surface area contributed by atoms with Gasteiger partial charge in [-0.25, -0.2) is 0 Å². The fourth-order valence-electron chi connectivity index (χ4n) is 1.96. The zero-order valence-corrected chi connectivity index (χ0v) is 10.7. The second-order valence-electron chi connectivity index (χ2n) is 4.75. The first-order valence-electron chi connectivity index (χ1n) is 5.66. The summed E-state index contributed by atoms with van der Waals surface area (Å²) < 4.78 is 2.47. The third-order valence-electron chi connectivity index (χ3n) is 2.91. The topological polar surface area (TPSA) is 15.3 Å². The van der Waals surface area contributed by atoms with E-state index in [1.807, 2.05) is 11.9 Å². The van der Waals surface area contributed by atoms with Gasteiger partial charge in [0.05, 0.1) is 0 Å². The van der Waals surface area contributed by atoms with Gasteiger partial charge in [0.1, 0.15) is 0 Å². The lowest BCUT2D eigenvalue weighted by molar-refractivity contribution is 0.228. The van der Waals surface area contributed by atoms with Crippen LogP contribution in [-0.2, 0) is 0 Å². The highest BCUT2D eigenvalue weighted by molar-refractivity contribution is 7.96. The van der Waals surface area contributed by atoms with Crippen molar-refractivity contribution in [2.45, 2.75) is 33.2 Å². The van der Waals surface area contributed by atoms with Crippen LogP contribution < -0.4 is 5.32 Å². The van der Waals surface area contributed by atoms with Gasteiger partial charge < -0.3 is 5.32 Å². The Labute approximate surface area is 93.0 Å². The van der Waals surface area contributed by atoms with Gasteiger partial charge in [-0.15, -0.1) is 0 Å². The quantitative estimate of drug-likeness (QED) is 0.726. The summed E-state index contributed by atoms with van der Waals surface area (Å²) in [5.41, 5.74) is 0. The molecule has 14 heavy (non-hydrogen) atoms. The average molecular weight is 216 g/mol. The maximum absolute atomic E-state index is 3.68. The molecule has 0 aliphatic carbocycles. The number of hydrogen-bond donors (Lipinski definition) is 1. The van der Waals surface area contributed by atoms with Crippen LogP contribution in [-0.4, -0.2) is 36.2 Å². The molecule has 0 radical (unpaired) electrons. The Balaban J connectivity index is 2.27. The van der Waals surface area contributed by atoms with Gasteiger partial charge >= 0.3 is 0 Å². The first-order chi connectivity index (χ1) is 6.63. The van der Waals surface area contributed by atoms with Crippen molar-refractivity contribution in [3.05, 3.63) is 0 Å². The summed E-state index contributed by atoms with van der Waals surface area (Å²) in [5.74, 6) is 1.55. The van der Waals surface area contributed by atoms with Crippen LogP contribution in [0.1, 0.15) is 27.2 Å². The second kappa shape index (κ2) is 5.99. The van der Waals surface area contributed by atoms with Crippen LogP contribution in [0.5, 0.6) is 0 Å². The summed E-state index contributed by atoms with van der Waals surface area (Å²) in [5, 5.41) is 3.68. The molecule has 0 bridgehead atoms. The molecule has 0 aromatic heterocycles. The number of nitrogens with zero attached hydrogens (tertiary/aromatic N) is 1. The lowest BCUT2D eigenvalue weighted by Crippen LogP contribution is -2.47. The molecule has 1 fully saturated rings. The van der Waals surface area contributed by atoms with Crippen LogP contribution in [0.4, 0.5) is 0 Å². The van der Waals surface area contributed by atoms with E-state index in [2.05, 4.69) is 36.6 Å². The van der Waals surface area contributed by atoms with Crippen LogP contribution in [0.2, 0.25) is 0 Å². The van der Waals surface area contributed by atoms with Gasteiger partial charge in [-0.3, -0.25) is 4.31 Å². The lowest BCUT2D eigenvalue weighted by Gasteiger charge is -2.36. The molecule has 0 saturated carbocycles. The van der Waals surface area contributed by atoms with Crippen molar-refractivity contribution >= 4 is 11.9 Å². The van der Waals surface area contributed by atoms with E-state index in [1.165, 1.54) is 19.5 Å². The van der Waals surface area contributed by atoms with Crippen molar-refractivity contribution in [1.29, 1.82) is 0 Å². The Bertz CT molecular complexity index is 161. The highest BCUT2D eigenvalue weighted by Gasteiger charge is 2.25. The van der Waals surface area contributed by atoms with Crippen molar-refractivity contribution in [3.63, 3.8) is 0 Å². The standard InChI is InChI=1S/C11H24N2S/c1-9(2)7-12-11-5-6-13(14-4)8-10(11)3/h9-12H,5-8H2,1-4H3/t10-,11-/m1/s1. The van der Waals surface area contributed by atoms with Crippen molar-refractivity contribution in [1.82, 2.24) is 9.62 Å². The third-order valence-corrected chi connectivity index (χ3v) is 3.76. The molecule has 2 atom stereocenters. The van der Waals surface area contributed by atoms with Gasteiger partial charge in [0, 0.05) is 19.1 Å². The fraction of sp³-hybridized carbons (Fsp3) is 1.00. The monoisotopic (exact) mass is 216 g/mol. The predicted octanol–water partition coefficient (Wildman–Crippen LogP) is 2.22. The maximum Gasteiger partial charge on any atom is 0.0130 e. The number of hydrogen-bond acceptors (Lipinski definition) is 3. The van der Waals surface area contributed by atoms with E-state index in [-0.39, 0.29) is 0 Å². The molecular formula is C11H24N2S. The van der Waals surface area contributed by atoms with E-state index < -0.39 is 0 Å². The van der Waals surface area contributed by atoms with Crippen molar-refractivity contribution in [2.75, 3.05) is 25.9 Å². The number of nitrogens with one attached hydrogen (secondary N) is 1. The van der Waals surface area contributed by atoms with Gasteiger partial charge in [0.25, 0.3) is 0 Å². The summed E-state index contributed by atoms with van der Waals surface area (Å²) in [4.78, 5) is 0. The zero-order chi connectivity index (χ0) is 10.6. The first kappa shape index (κ1) is 12.3. The minimum absolute atomic E-state index is 0.737. The Kier molecular flexibility index (Phi) is 5.28. The minimum atomic E-state index is 0.737. The summed E-state index contributed by atoms with van der Waals surface area (Å²) in [6.45, 7) is 10.5. The van der Waals surface area contributed by atoms with Gasteiger partial charge in [0.15, 0.2) is 0 Å². The zero-order valence-electron chi connectivity index (χ0n) is 9.92. The van der Waals surface area contributed by atoms with Crippen LogP contribution in [0, 0.1) is 11.8 Å². The van der Waals surface area contributed by atoms with Gasteiger partial charge in [0.2, 0.25) is 0 Å². The van der Waals surface area contributed by atoms with E-state index in [9.17, 15) is 0 Å². The van der Waals surface area contributed by atoms with E-state index >= 15 is 0 Å². The van der Waals surface area contributed by atoms with E-state index in [0.29, 0.717) is 0 Å². The Morgan fingerprint density at radius 2 is 2.21 bits per heavy atom. The van der Waals surface area contributed by atoms with Crippen LogP contribution in [0.25, 0.3) is 0 Å². The van der Waals surface area contributed by atoms with E-state index in [0.717, 1.165) is 24.4 Å². The van der Waals surface area contributed by atoms with E-state index in [1.54, 1.807) is 0 Å². The highest BCUT2D eigenvalue weighted by Crippen LogP contribution is 2.21. The van der Waals surface area contributed by atoms with Gasteiger partial charge in [-0.05, 0) is 31.1 Å². The summed E-state index contributed by atoms with van der Waals surface area (Å²) in [7, 11) is 0. The molecule has 1 aliphatic heterocycles. The average Bonchev–Trinajstić information content (AvgIpc) is 2.15. The van der Waals surface area contributed by atoms with Crippen LogP contribution in [0.15, 0.2) is 0 Å². The normalized spacial score (nSPS) is 29.8. The van der Waals surface area contributed by atoms with E-state index in [4.69, 9.17) is 0 Å². The minimum Gasteiger partial charge on any atom is -0.313 e. The van der Waals surface area contributed by atoms with Crippen molar-refractivity contribution in [3.8, 4) is 0 Å². The smallest absolute Gasteiger partial charge is 0.0130 e. The van der Waals surface area contributed by atoms with Gasteiger partial charge in [-0.1, -0.05) is 32.7 Å². The Morgan fingerprint density at radius 1 is 1.50 bits per heavy atom. The molecule has 1 heterocycles. The Morgan fingerprint density at radius 3 is 2.71 bits per heavy atom. The lowest BCUT2D eigenvalue weighted by atomic mass is 9.95. The van der Waals surface area contributed by atoms with Crippen LogP contribution >= 0.6 is 11.9 Å². The largest absolute Gasteiger partial charge is 0.313 e. The number of piperidine rings is 1. The summed E-state index contributed by atoms with van der Waals surface area (Å²) in [6, 6.07) is 0.737. The molecule has 0 spiro atoms. The summed E-state index contributed by atoms with van der Waals surface area (Å²) in [6.07, 6.45) is 3.48. The summed E-state index contributed by atoms with van der Waals surface area (Å²) >= 11 is 1.88. The second-order valence-corrected chi connectivity index (χ2v) is 5.63. The molecule has 2 nitrogen and oxygen atoms in total. The third kappa shape index (κ3) is 3.79. The molecule has 1 N–H and O–H groups in total. The molecular weight excluding hydrogens is 192 g/mol. The SMILES string of the molecule is CSN1CC[C@@H](NCC(C)C)[C@H](C)C1. The molecule has 1 aliphatic rings. The molecule has 0 unspecified atom stereocenters. The molecule has 84 valence electrons. The van der Waals surface area contributed by atoms with Crippen LogP contribution in [0.3, 0.4) is 0 Å². The molecule has 3 heteroatoms. The highest BCUT2D eigenvalue weighted by atomic mass is 32.2. The molecule has 1 rings (SSSR count). The molecule has 0 aromatic rings. The predicted molar refractivity (Wildman–Crippen MR) is 65.5 cm³/mol. The fourth-order valence-corrected chi connectivity index (χ4v) is 2.64. The molecule has 0 amide bonds. The van der Waals surface area contributed by atoms with Crippen molar-refractivity contribution in [2.24, 2.45) is 11.8 Å². The number of rotatable bonds is 4. The Hall–Kier alpha value is 0.270. The van der Waals surface area contributed by atoms with Gasteiger partial charge in [-0.2, -0.15) is 0 Å². The molecule has 1 saturated heterocycles.